The van der Waals surface area contributed by atoms with E-state index in [-0.39, 0.29) is 0 Å². The lowest BCUT2D eigenvalue weighted by atomic mass is 9.84. The summed E-state index contributed by atoms with van der Waals surface area (Å²) in [6.45, 7) is 11.4. The van der Waals surface area contributed by atoms with Gasteiger partial charge >= 0.3 is 0 Å². The van der Waals surface area contributed by atoms with Gasteiger partial charge < -0.3 is 0 Å². The molecule has 0 atom stereocenters. The first-order valence-corrected chi connectivity index (χ1v) is 8.69. The molecular weight excluding hydrogens is 276 g/mol. The molecule has 0 unspecified atom stereocenters. The van der Waals surface area contributed by atoms with Crippen molar-refractivity contribution < 1.29 is 0 Å². The Labute approximate surface area is 138 Å². The summed E-state index contributed by atoms with van der Waals surface area (Å²) in [5.41, 5.74) is 4.29. The van der Waals surface area contributed by atoms with Crippen molar-refractivity contribution in [2.45, 2.75) is 46.5 Å². The van der Waals surface area contributed by atoms with Gasteiger partial charge in [-0.2, -0.15) is 0 Å². The number of hydrogen-bond acceptors (Lipinski definition) is 0. The molecule has 23 heavy (non-hydrogen) atoms. The number of rotatable bonds is 2. The molecule has 0 aliphatic rings. The standard InChI is InChI=1S/C23H24/c1-13(2)18-9-8-16-6-7-17-10-15(5)11-20-19(14(3)4)12-21(18)22(16)23(17)20/h6-14H,1-5H3. The highest BCUT2D eigenvalue weighted by Crippen LogP contribution is 2.41. The van der Waals surface area contributed by atoms with Crippen LogP contribution in [0, 0.1) is 6.92 Å². The van der Waals surface area contributed by atoms with Crippen molar-refractivity contribution in [3.8, 4) is 0 Å². The predicted octanol–water partition coefficient (Wildman–Crippen LogP) is 7.14. The van der Waals surface area contributed by atoms with Crippen LogP contribution in [0.4, 0.5) is 0 Å². The summed E-state index contributed by atoms with van der Waals surface area (Å²) in [5, 5.41) is 8.53. The predicted molar refractivity (Wildman–Crippen MR) is 103 cm³/mol. The molecule has 4 rings (SSSR count). The van der Waals surface area contributed by atoms with Crippen LogP contribution in [-0.2, 0) is 0 Å². The monoisotopic (exact) mass is 300 g/mol. The minimum absolute atomic E-state index is 0.531. The van der Waals surface area contributed by atoms with Crippen molar-refractivity contribution in [2.75, 3.05) is 0 Å². The smallest absolute Gasteiger partial charge is 0.00236 e. The molecule has 0 nitrogen and oxygen atoms in total. The number of hydrogen-bond donors (Lipinski definition) is 0. The minimum Gasteiger partial charge on any atom is -0.0587 e. The van der Waals surface area contributed by atoms with Crippen molar-refractivity contribution in [3.63, 3.8) is 0 Å². The Kier molecular flexibility index (Phi) is 3.13. The zero-order chi connectivity index (χ0) is 16.3. The molecule has 4 aromatic rings. The van der Waals surface area contributed by atoms with E-state index in [1.54, 1.807) is 0 Å². The highest BCUT2D eigenvalue weighted by Gasteiger charge is 2.17. The minimum atomic E-state index is 0.531. The van der Waals surface area contributed by atoms with E-state index in [0.29, 0.717) is 11.8 Å². The molecule has 0 heterocycles. The maximum atomic E-state index is 2.46. The van der Waals surface area contributed by atoms with Crippen LogP contribution < -0.4 is 0 Å². The molecule has 0 amide bonds. The summed E-state index contributed by atoms with van der Waals surface area (Å²) in [5.74, 6) is 1.07. The Morgan fingerprint density at radius 3 is 1.87 bits per heavy atom. The SMILES string of the molecule is Cc1cc2ccc3ccc(C(C)C)c4cc(C(C)C)c(c1)c2c34. The first-order chi connectivity index (χ1) is 11.0. The first-order valence-electron chi connectivity index (χ1n) is 8.69. The Bertz CT molecular complexity index is 1020. The summed E-state index contributed by atoms with van der Waals surface area (Å²) in [4.78, 5) is 0. The van der Waals surface area contributed by atoms with Gasteiger partial charge in [-0.25, -0.2) is 0 Å². The Morgan fingerprint density at radius 1 is 0.609 bits per heavy atom. The Morgan fingerprint density at radius 2 is 1.17 bits per heavy atom. The van der Waals surface area contributed by atoms with Crippen LogP contribution in [0.15, 0.2) is 42.5 Å². The van der Waals surface area contributed by atoms with Gasteiger partial charge in [0.15, 0.2) is 0 Å². The lowest BCUT2D eigenvalue weighted by Crippen LogP contribution is -1.97. The normalized spacial score (nSPS) is 12.5. The van der Waals surface area contributed by atoms with Gasteiger partial charge in [0.1, 0.15) is 0 Å². The largest absolute Gasteiger partial charge is 0.0587 e. The summed E-state index contributed by atoms with van der Waals surface area (Å²) in [6, 6.07) is 16.3. The van der Waals surface area contributed by atoms with E-state index in [1.807, 2.05) is 0 Å². The quantitative estimate of drug-likeness (QED) is 0.345. The summed E-state index contributed by atoms with van der Waals surface area (Å²) in [6.07, 6.45) is 0. The lowest BCUT2D eigenvalue weighted by Gasteiger charge is -2.20. The topological polar surface area (TPSA) is 0 Å². The second-order valence-electron chi connectivity index (χ2n) is 7.55. The van der Waals surface area contributed by atoms with Crippen LogP contribution in [0.3, 0.4) is 0 Å². The highest BCUT2D eigenvalue weighted by molar-refractivity contribution is 6.24. The van der Waals surface area contributed by atoms with Gasteiger partial charge in [0.2, 0.25) is 0 Å². The van der Waals surface area contributed by atoms with E-state index in [2.05, 4.69) is 77.1 Å². The second-order valence-corrected chi connectivity index (χ2v) is 7.55. The fourth-order valence-electron chi connectivity index (χ4n) is 4.07. The lowest BCUT2D eigenvalue weighted by molar-refractivity contribution is 0.868. The van der Waals surface area contributed by atoms with Crippen LogP contribution in [0.5, 0.6) is 0 Å². The van der Waals surface area contributed by atoms with E-state index in [0.717, 1.165) is 0 Å². The first kappa shape index (κ1) is 14.5. The maximum Gasteiger partial charge on any atom is -0.00236 e. The third kappa shape index (κ3) is 2.05. The highest BCUT2D eigenvalue weighted by atomic mass is 14.2. The molecule has 0 radical (unpaired) electrons. The molecule has 0 heteroatoms. The average Bonchev–Trinajstić information content (AvgIpc) is 2.50. The molecular formula is C23H24. The number of aryl methyl sites for hydroxylation is 1. The van der Waals surface area contributed by atoms with Gasteiger partial charge in [0.05, 0.1) is 0 Å². The van der Waals surface area contributed by atoms with Crippen molar-refractivity contribution in [3.05, 3.63) is 59.2 Å². The van der Waals surface area contributed by atoms with Crippen LogP contribution in [-0.4, -0.2) is 0 Å². The van der Waals surface area contributed by atoms with Gasteiger partial charge in [0, 0.05) is 0 Å². The van der Waals surface area contributed by atoms with Crippen LogP contribution >= 0.6 is 0 Å². The molecule has 4 aromatic carbocycles. The molecule has 0 saturated carbocycles. The van der Waals surface area contributed by atoms with Crippen molar-refractivity contribution >= 4 is 32.3 Å². The molecule has 0 aliphatic carbocycles. The van der Waals surface area contributed by atoms with Crippen molar-refractivity contribution in [2.24, 2.45) is 0 Å². The number of benzene rings is 4. The Balaban J connectivity index is 2.34. The fraction of sp³-hybridized carbons (Fsp3) is 0.304. The van der Waals surface area contributed by atoms with Crippen LogP contribution in [0.25, 0.3) is 32.3 Å². The van der Waals surface area contributed by atoms with Gasteiger partial charge in [-0.3, -0.25) is 0 Å². The van der Waals surface area contributed by atoms with Gasteiger partial charge in [-0.1, -0.05) is 64.1 Å². The van der Waals surface area contributed by atoms with Crippen LogP contribution in [0.2, 0.25) is 0 Å². The van der Waals surface area contributed by atoms with Crippen LogP contribution in [0.1, 0.15) is 56.2 Å². The molecule has 0 spiro atoms. The molecule has 116 valence electrons. The third-order valence-electron chi connectivity index (χ3n) is 5.17. The fourth-order valence-corrected chi connectivity index (χ4v) is 4.07. The molecule has 0 fully saturated rings. The van der Waals surface area contributed by atoms with Crippen molar-refractivity contribution in [1.29, 1.82) is 0 Å². The average molecular weight is 300 g/mol. The molecule has 0 N–H and O–H groups in total. The zero-order valence-electron chi connectivity index (χ0n) is 14.7. The van der Waals surface area contributed by atoms with Crippen molar-refractivity contribution in [1.82, 2.24) is 0 Å². The summed E-state index contributed by atoms with van der Waals surface area (Å²) >= 11 is 0. The Hall–Kier alpha value is -2.08. The van der Waals surface area contributed by atoms with Gasteiger partial charge in [-0.15, -0.1) is 0 Å². The molecule has 0 saturated heterocycles. The zero-order valence-corrected chi connectivity index (χ0v) is 14.7. The van der Waals surface area contributed by atoms with E-state index < -0.39 is 0 Å². The third-order valence-corrected chi connectivity index (χ3v) is 5.17. The van der Waals surface area contributed by atoms with Gasteiger partial charge in [-0.05, 0) is 73.8 Å². The summed E-state index contributed by atoms with van der Waals surface area (Å²) in [7, 11) is 0. The van der Waals surface area contributed by atoms with E-state index >= 15 is 0 Å². The van der Waals surface area contributed by atoms with E-state index in [9.17, 15) is 0 Å². The van der Waals surface area contributed by atoms with Gasteiger partial charge in [0.25, 0.3) is 0 Å². The molecule has 0 aromatic heterocycles. The van der Waals surface area contributed by atoms with E-state index in [4.69, 9.17) is 0 Å². The molecule has 0 bridgehead atoms. The molecule has 0 aliphatic heterocycles. The maximum absolute atomic E-state index is 2.46. The second kappa shape index (κ2) is 4.96. The summed E-state index contributed by atoms with van der Waals surface area (Å²) < 4.78 is 0. The van der Waals surface area contributed by atoms with E-state index in [1.165, 1.54) is 49.0 Å².